The Morgan fingerprint density at radius 2 is 1.86 bits per heavy atom. The molecule has 1 amide bonds. The third kappa shape index (κ3) is 2.29. The Morgan fingerprint density at radius 3 is 2.59 bits per heavy atom. The average molecular weight is 322 g/mol. The van der Waals surface area contributed by atoms with Gasteiger partial charge >= 0.3 is 0 Å². The number of carbonyl (C=O) groups excluding carboxylic acids is 1. The third-order valence-corrected chi connectivity index (χ3v) is 6.16. The van der Waals surface area contributed by atoms with Crippen LogP contribution in [0.5, 0.6) is 0 Å². The number of hydrogen-bond donors (Lipinski definition) is 1. The highest BCUT2D eigenvalue weighted by Gasteiger charge is 2.46. The van der Waals surface area contributed by atoms with Crippen molar-refractivity contribution >= 4 is 21.6 Å². The first kappa shape index (κ1) is 15.0. The van der Waals surface area contributed by atoms with Gasteiger partial charge < -0.3 is 5.21 Å². The lowest BCUT2D eigenvalue weighted by atomic mass is 9.94. The van der Waals surface area contributed by atoms with Gasteiger partial charge in [-0.05, 0) is 31.4 Å². The van der Waals surface area contributed by atoms with Crippen LogP contribution >= 0.6 is 0 Å². The van der Waals surface area contributed by atoms with E-state index in [9.17, 15) is 18.4 Å². The fourth-order valence-electron chi connectivity index (χ4n) is 3.21. The lowest BCUT2D eigenvalue weighted by Crippen LogP contribution is -2.45. The van der Waals surface area contributed by atoms with Gasteiger partial charge in [0, 0.05) is 0 Å². The summed E-state index contributed by atoms with van der Waals surface area (Å²) in [6.07, 6.45) is 4.66. The van der Waals surface area contributed by atoms with Crippen molar-refractivity contribution in [2.45, 2.75) is 49.5 Å². The minimum atomic E-state index is -3.87. The Labute approximate surface area is 129 Å². The summed E-state index contributed by atoms with van der Waals surface area (Å²) < 4.78 is 26.4. The monoisotopic (exact) mass is 322 g/mol. The van der Waals surface area contributed by atoms with Crippen molar-refractivity contribution in [2.24, 2.45) is 5.16 Å². The molecule has 0 bridgehead atoms. The lowest BCUT2D eigenvalue weighted by molar-refractivity contribution is 0.0849. The van der Waals surface area contributed by atoms with Gasteiger partial charge in [0.2, 0.25) is 0 Å². The molecule has 22 heavy (non-hydrogen) atoms. The van der Waals surface area contributed by atoms with Crippen LogP contribution in [-0.4, -0.2) is 35.6 Å². The lowest BCUT2D eigenvalue weighted by Gasteiger charge is -2.28. The first-order valence-electron chi connectivity index (χ1n) is 7.46. The standard InChI is InChI=1S/C15H18N2O4S/c18-15-11-7-5-6-10-14(11)22(20,21)17(15)13-9-4-2-1-3-8-12(13)16-19/h5-7,10,13,19H,1-4,8-9H2/b16-12-/t13-/m0/s1. The Hall–Kier alpha value is -1.89. The zero-order valence-corrected chi connectivity index (χ0v) is 12.9. The Morgan fingerprint density at radius 1 is 1.14 bits per heavy atom. The van der Waals surface area contributed by atoms with Gasteiger partial charge in [-0.15, -0.1) is 0 Å². The first-order chi connectivity index (χ1) is 10.6. The van der Waals surface area contributed by atoms with E-state index in [1.54, 1.807) is 12.1 Å². The van der Waals surface area contributed by atoms with Crippen molar-refractivity contribution in [1.29, 1.82) is 0 Å². The average Bonchev–Trinajstić information content (AvgIpc) is 2.68. The van der Waals surface area contributed by atoms with Gasteiger partial charge in [-0.1, -0.05) is 36.6 Å². The molecule has 1 aromatic carbocycles. The van der Waals surface area contributed by atoms with Crippen LogP contribution in [0.2, 0.25) is 0 Å². The number of hydrogen-bond acceptors (Lipinski definition) is 5. The molecule has 1 saturated carbocycles. The van der Waals surface area contributed by atoms with Gasteiger partial charge in [-0.3, -0.25) is 4.79 Å². The quantitative estimate of drug-likeness (QED) is 0.635. The highest BCUT2D eigenvalue weighted by atomic mass is 32.2. The summed E-state index contributed by atoms with van der Waals surface area (Å²) >= 11 is 0. The Kier molecular flexibility index (Phi) is 3.90. The number of fused-ring (bicyclic) bond motifs is 1. The van der Waals surface area contributed by atoms with Crippen LogP contribution in [-0.2, 0) is 10.0 Å². The van der Waals surface area contributed by atoms with Crippen molar-refractivity contribution in [3.63, 3.8) is 0 Å². The number of sulfonamides is 1. The van der Waals surface area contributed by atoms with Gasteiger partial charge in [-0.25, -0.2) is 12.7 Å². The first-order valence-corrected chi connectivity index (χ1v) is 8.90. The summed E-state index contributed by atoms with van der Waals surface area (Å²) in [5, 5.41) is 12.6. The summed E-state index contributed by atoms with van der Waals surface area (Å²) in [7, 11) is -3.87. The van der Waals surface area contributed by atoms with Crippen LogP contribution in [0.25, 0.3) is 0 Å². The molecule has 0 saturated heterocycles. The summed E-state index contributed by atoms with van der Waals surface area (Å²) in [4.78, 5) is 12.6. The Bertz CT molecular complexity index is 727. The summed E-state index contributed by atoms with van der Waals surface area (Å²) in [5.41, 5.74) is 0.575. The Balaban J connectivity index is 2.05. The number of carbonyl (C=O) groups is 1. The van der Waals surface area contributed by atoms with Crippen LogP contribution in [0.1, 0.15) is 48.9 Å². The van der Waals surface area contributed by atoms with Crippen molar-refractivity contribution in [3.05, 3.63) is 29.8 Å². The smallest absolute Gasteiger partial charge is 0.269 e. The van der Waals surface area contributed by atoms with Crippen LogP contribution in [0.15, 0.2) is 34.3 Å². The van der Waals surface area contributed by atoms with Crippen LogP contribution in [0.3, 0.4) is 0 Å². The topological polar surface area (TPSA) is 87.0 Å². The molecular weight excluding hydrogens is 304 g/mol. The fourth-order valence-corrected chi connectivity index (χ4v) is 4.99. The highest BCUT2D eigenvalue weighted by molar-refractivity contribution is 7.90. The summed E-state index contributed by atoms with van der Waals surface area (Å²) in [6, 6.07) is 5.53. The van der Waals surface area contributed by atoms with Crippen molar-refractivity contribution in [2.75, 3.05) is 0 Å². The van der Waals surface area contributed by atoms with E-state index in [2.05, 4.69) is 5.16 Å². The molecule has 6 nitrogen and oxygen atoms in total. The molecule has 1 fully saturated rings. The molecule has 0 unspecified atom stereocenters. The molecule has 1 atom stereocenters. The molecule has 1 heterocycles. The molecule has 1 aliphatic heterocycles. The van der Waals surface area contributed by atoms with Crippen LogP contribution < -0.4 is 0 Å². The van der Waals surface area contributed by atoms with Crippen molar-refractivity contribution < 1.29 is 18.4 Å². The van der Waals surface area contributed by atoms with E-state index in [0.29, 0.717) is 18.6 Å². The van der Waals surface area contributed by atoms with Gasteiger partial charge in [0.1, 0.15) is 4.90 Å². The maximum Gasteiger partial charge on any atom is 0.269 e. The molecule has 0 spiro atoms. The molecule has 1 aromatic rings. The maximum absolute atomic E-state index is 12.7. The van der Waals surface area contributed by atoms with E-state index in [4.69, 9.17) is 0 Å². The van der Waals surface area contributed by atoms with E-state index >= 15 is 0 Å². The minimum Gasteiger partial charge on any atom is -0.411 e. The number of oxime groups is 1. The summed E-state index contributed by atoms with van der Waals surface area (Å²) in [5.74, 6) is -0.526. The fraction of sp³-hybridized carbons (Fsp3) is 0.467. The molecule has 1 N–H and O–H groups in total. The van der Waals surface area contributed by atoms with E-state index in [-0.39, 0.29) is 10.5 Å². The number of rotatable bonds is 1. The molecule has 7 heteroatoms. The minimum absolute atomic E-state index is 0.0411. The second-order valence-corrected chi connectivity index (χ2v) is 7.45. The van der Waals surface area contributed by atoms with E-state index in [1.165, 1.54) is 12.1 Å². The largest absolute Gasteiger partial charge is 0.411 e. The molecule has 0 aromatic heterocycles. The normalized spacial score (nSPS) is 26.5. The van der Waals surface area contributed by atoms with E-state index < -0.39 is 22.0 Å². The molecule has 0 radical (unpaired) electrons. The SMILES string of the molecule is O=C1c2ccccc2S(=O)(=O)N1[C@H]1CCCCCC/C1=N/O. The van der Waals surface area contributed by atoms with Crippen molar-refractivity contribution in [1.82, 2.24) is 4.31 Å². The predicted octanol–water partition coefficient (Wildman–Crippen LogP) is 2.38. The summed E-state index contributed by atoms with van der Waals surface area (Å²) in [6.45, 7) is 0. The van der Waals surface area contributed by atoms with Crippen molar-refractivity contribution in [3.8, 4) is 0 Å². The van der Waals surface area contributed by atoms with Gasteiger partial charge in [0.25, 0.3) is 15.9 Å². The number of nitrogens with zero attached hydrogens (tertiary/aromatic N) is 2. The third-order valence-electron chi connectivity index (χ3n) is 4.31. The van der Waals surface area contributed by atoms with Crippen LogP contribution in [0, 0.1) is 0 Å². The van der Waals surface area contributed by atoms with Gasteiger partial charge in [0.05, 0.1) is 17.3 Å². The number of amides is 1. The van der Waals surface area contributed by atoms with Crippen LogP contribution in [0.4, 0.5) is 0 Å². The molecule has 3 rings (SSSR count). The highest BCUT2D eigenvalue weighted by Crippen LogP contribution is 2.34. The molecule has 118 valence electrons. The molecule has 1 aliphatic carbocycles. The molecule has 2 aliphatic rings. The van der Waals surface area contributed by atoms with E-state index in [0.717, 1.165) is 30.0 Å². The molecular formula is C15H18N2O4S. The zero-order valence-electron chi connectivity index (χ0n) is 12.1. The zero-order chi connectivity index (χ0) is 15.7. The van der Waals surface area contributed by atoms with Gasteiger partial charge in [-0.2, -0.15) is 0 Å². The van der Waals surface area contributed by atoms with E-state index in [1.807, 2.05) is 0 Å². The number of benzene rings is 1. The van der Waals surface area contributed by atoms with Gasteiger partial charge in [0.15, 0.2) is 0 Å². The second kappa shape index (κ2) is 5.72. The predicted molar refractivity (Wildman–Crippen MR) is 80.5 cm³/mol. The maximum atomic E-state index is 12.7. The second-order valence-electron chi connectivity index (χ2n) is 5.66.